The fraction of sp³-hybridized carbons (Fsp3) is 0.364. The number of rotatable bonds is 4. The third-order valence-corrected chi connectivity index (χ3v) is 5.86. The first-order valence-electron chi connectivity index (χ1n) is 9.58. The average Bonchev–Trinajstić information content (AvgIpc) is 3.01. The standard InChI is InChI=1S/C22H24N2O4/c1-13-17-12-20(28-2)19(25)11-14(17)9-10-24(13)21(26)8-7-16-15-5-3-4-6-18(15)23-22(16)27/h3-6,11-13,16,25H,7-10H2,1-2H3,(H,23,27). The van der Waals surface area contributed by atoms with E-state index in [1.807, 2.05) is 42.2 Å². The summed E-state index contributed by atoms with van der Waals surface area (Å²) in [6.07, 6.45) is 1.51. The summed E-state index contributed by atoms with van der Waals surface area (Å²) in [5.74, 6) is 0.275. The Bertz CT molecular complexity index is 940. The quantitative estimate of drug-likeness (QED) is 0.852. The predicted octanol–water partition coefficient (Wildman–Crippen LogP) is 3.36. The molecule has 2 amide bonds. The zero-order valence-electron chi connectivity index (χ0n) is 16.1. The van der Waals surface area contributed by atoms with Gasteiger partial charge >= 0.3 is 0 Å². The van der Waals surface area contributed by atoms with Gasteiger partial charge < -0.3 is 20.1 Å². The van der Waals surface area contributed by atoms with E-state index < -0.39 is 0 Å². The first-order valence-corrected chi connectivity index (χ1v) is 9.58. The molecule has 2 heterocycles. The highest BCUT2D eigenvalue weighted by Gasteiger charge is 2.33. The number of nitrogens with zero attached hydrogens (tertiary/aromatic N) is 1. The van der Waals surface area contributed by atoms with Gasteiger partial charge in [-0.15, -0.1) is 0 Å². The molecule has 0 saturated carbocycles. The number of ether oxygens (including phenoxy) is 1. The van der Waals surface area contributed by atoms with Crippen LogP contribution in [0, 0.1) is 0 Å². The molecule has 0 bridgehead atoms. The Balaban J connectivity index is 1.47. The molecule has 2 unspecified atom stereocenters. The molecule has 0 fully saturated rings. The molecule has 0 saturated heterocycles. The van der Waals surface area contributed by atoms with Crippen molar-refractivity contribution in [2.75, 3.05) is 19.0 Å². The molecular weight excluding hydrogens is 356 g/mol. The second kappa shape index (κ2) is 7.19. The summed E-state index contributed by atoms with van der Waals surface area (Å²) < 4.78 is 5.22. The van der Waals surface area contributed by atoms with Crippen LogP contribution in [0.15, 0.2) is 36.4 Å². The van der Waals surface area contributed by atoms with Crippen molar-refractivity contribution < 1.29 is 19.4 Å². The van der Waals surface area contributed by atoms with E-state index in [1.165, 1.54) is 7.11 Å². The Morgan fingerprint density at radius 2 is 2.07 bits per heavy atom. The summed E-state index contributed by atoms with van der Waals surface area (Å²) in [5, 5.41) is 12.9. The molecule has 2 N–H and O–H groups in total. The van der Waals surface area contributed by atoms with Gasteiger partial charge in [0, 0.05) is 18.7 Å². The number of fused-ring (bicyclic) bond motifs is 2. The van der Waals surface area contributed by atoms with Gasteiger partial charge in [-0.25, -0.2) is 0 Å². The number of phenolic OH excluding ortho intramolecular Hbond substituents is 1. The molecule has 2 aromatic carbocycles. The van der Waals surface area contributed by atoms with E-state index in [-0.39, 0.29) is 29.5 Å². The second-order valence-electron chi connectivity index (χ2n) is 7.40. The molecule has 6 heteroatoms. The lowest BCUT2D eigenvalue weighted by atomic mass is 9.91. The largest absolute Gasteiger partial charge is 0.504 e. The summed E-state index contributed by atoms with van der Waals surface area (Å²) in [6, 6.07) is 11.1. The highest BCUT2D eigenvalue weighted by Crippen LogP contribution is 2.39. The number of amides is 2. The van der Waals surface area contributed by atoms with Crippen molar-refractivity contribution in [2.45, 2.75) is 38.1 Å². The Hall–Kier alpha value is -3.02. The zero-order chi connectivity index (χ0) is 19.8. The van der Waals surface area contributed by atoms with Crippen LogP contribution in [0.2, 0.25) is 0 Å². The Kier molecular flexibility index (Phi) is 4.71. The van der Waals surface area contributed by atoms with E-state index in [2.05, 4.69) is 5.32 Å². The van der Waals surface area contributed by atoms with Crippen molar-refractivity contribution in [3.05, 3.63) is 53.1 Å². The van der Waals surface area contributed by atoms with E-state index >= 15 is 0 Å². The van der Waals surface area contributed by atoms with Gasteiger partial charge in [-0.3, -0.25) is 9.59 Å². The topological polar surface area (TPSA) is 78.9 Å². The Morgan fingerprint density at radius 3 is 2.86 bits per heavy atom. The number of anilines is 1. The van der Waals surface area contributed by atoms with Crippen LogP contribution in [0.4, 0.5) is 5.69 Å². The van der Waals surface area contributed by atoms with E-state index in [9.17, 15) is 14.7 Å². The van der Waals surface area contributed by atoms with Crippen molar-refractivity contribution in [3.63, 3.8) is 0 Å². The van der Waals surface area contributed by atoms with Crippen molar-refractivity contribution in [2.24, 2.45) is 0 Å². The maximum absolute atomic E-state index is 12.9. The van der Waals surface area contributed by atoms with Crippen LogP contribution >= 0.6 is 0 Å². The number of carbonyl (C=O) groups is 2. The summed E-state index contributed by atoms with van der Waals surface area (Å²) in [5.41, 5.74) is 3.85. The molecule has 2 aliphatic rings. The van der Waals surface area contributed by atoms with Gasteiger partial charge in [0.15, 0.2) is 11.5 Å². The Labute approximate surface area is 164 Å². The highest BCUT2D eigenvalue weighted by atomic mass is 16.5. The normalized spacial score (nSPS) is 20.4. The van der Waals surface area contributed by atoms with Gasteiger partial charge in [0.1, 0.15) is 0 Å². The van der Waals surface area contributed by atoms with Crippen LogP contribution < -0.4 is 10.1 Å². The summed E-state index contributed by atoms with van der Waals surface area (Å²) in [7, 11) is 1.52. The minimum atomic E-state index is -0.274. The molecule has 0 aliphatic carbocycles. The smallest absolute Gasteiger partial charge is 0.232 e. The number of carbonyl (C=O) groups excluding carboxylic acids is 2. The fourth-order valence-electron chi connectivity index (χ4n) is 4.31. The molecule has 0 aromatic heterocycles. The lowest BCUT2D eigenvalue weighted by Gasteiger charge is -2.36. The molecule has 4 rings (SSSR count). The third kappa shape index (κ3) is 3.09. The van der Waals surface area contributed by atoms with Crippen LogP contribution in [-0.4, -0.2) is 35.5 Å². The summed E-state index contributed by atoms with van der Waals surface area (Å²) in [4.78, 5) is 27.1. The van der Waals surface area contributed by atoms with Crippen LogP contribution in [0.1, 0.15) is 48.4 Å². The molecule has 2 aliphatic heterocycles. The SMILES string of the molecule is COc1cc2c(cc1O)CCN(C(=O)CCC1C(=O)Nc3ccccc31)C2C. The maximum atomic E-state index is 12.9. The number of para-hydroxylation sites is 1. The van der Waals surface area contributed by atoms with E-state index in [4.69, 9.17) is 4.74 Å². The van der Waals surface area contributed by atoms with Crippen LogP contribution in [0.5, 0.6) is 11.5 Å². The maximum Gasteiger partial charge on any atom is 0.232 e. The van der Waals surface area contributed by atoms with Crippen LogP contribution in [0.3, 0.4) is 0 Å². The molecule has 6 nitrogen and oxygen atoms in total. The van der Waals surface area contributed by atoms with Gasteiger partial charge in [0.05, 0.1) is 19.1 Å². The van der Waals surface area contributed by atoms with Gasteiger partial charge in [-0.2, -0.15) is 0 Å². The van der Waals surface area contributed by atoms with Gasteiger partial charge in [-0.1, -0.05) is 18.2 Å². The molecular formula is C22H24N2O4. The average molecular weight is 380 g/mol. The van der Waals surface area contributed by atoms with Gasteiger partial charge in [0.2, 0.25) is 11.8 Å². The van der Waals surface area contributed by atoms with E-state index in [0.717, 1.165) is 22.4 Å². The van der Waals surface area contributed by atoms with Crippen molar-refractivity contribution >= 4 is 17.5 Å². The fourth-order valence-corrected chi connectivity index (χ4v) is 4.31. The highest BCUT2D eigenvalue weighted by molar-refractivity contribution is 6.03. The number of phenols is 1. The zero-order valence-corrected chi connectivity index (χ0v) is 16.1. The molecule has 2 atom stereocenters. The monoisotopic (exact) mass is 380 g/mol. The number of hydrogen-bond donors (Lipinski definition) is 2. The predicted molar refractivity (Wildman–Crippen MR) is 106 cm³/mol. The lowest BCUT2D eigenvalue weighted by molar-refractivity contribution is -0.134. The van der Waals surface area contributed by atoms with Gasteiger partial charge in [-0.05, 0) is 54.7 Å². The van der Waals surface area contributed by atoms with Crippen molar-refractivity contribution in [1.82, 2.24) is 4.90 Å². The lowest BCUT2D eigenvalue weighted by Crippen LogP contribution is -2.39. The van der Waals surface area contributed by atoms with Crippen LogP contribution in [0.25, 0.3) is 0 Å². The number of methoxy groups -OCH3 is 1. The third-order valence-electron chi connectivity index (χ3n) is 5.86. The molecule has 0 spiro atoms. The van der Waals surface area contributed by atoms with E-state index in [0.29, 0.717) is 31.6 Å². The Morgan fingerprint density at radius 1 is 1.29 bits per heavy atom. The number of nitrogens with one attached hydrogen (secondary N) is 1. The second-order valence-corrected chi connectivity index (χ2v) is 7.40. The van der Waals surface area contributed by atoms with Crippen molar-refractivity contribution in [1.29, 1.82) is 0 Å². The minimum absolute atomic E-state index is 0.0359. The first-order chi connectivity index (χ1) is 13.5. The molecule has 146 valence electrons. The van der Waals surface area contributed by atoms with Crippen molar-refractivity contribution in [3.8, 4) is 11.5 Å². The van der Waals surface area contributed by atoms with E-state index in [1.54, 1.807) is 6.07 Å². The molecule has 2 aromatic rings. The minimum Gasteiger partial charge on any atom is -0.504 e. The van der Waals surface area contributed by atoms with Gasteiger partial charge in [0.25, 0.3) is 0 Å². The van der Waals surface area contributed by atoms with Crippen LogP contribution in [-0.2, 0) is 16.0 Å². The molecule has 0 radical (unpaired) electrons. The summed E-state index contributed by atoms with van der Waals surface area (Å²) in [6.45, 7) is 2.59. The number of aromatic hydroxyl groups is 1. The molecule has 28 heavy (non-hydrogen) atoms. The first kappa shape index (κ1) is 18.3. The summed E-state index contributed by atoms with van der Waals surface area (Å²) >= 11 is 0. The number of benzene rings is 2. The number of hydrogen-bond acceptors (Lipinski definition) is 4.